The number of aromatic nitrogens is 6. The van der Waals surface area contributed by atoms with Gasteiger partial charge in [-0.2, -0.15) is 0 Å². The number of rotatable bonds is 4. The van der Waals surface area contributed by atoms with Crippen LogP contribution in [0.4, 0.5) is 5.82 Å². The maximum Gasteiger partial charge on any atom is 0.217 e. The van der Waals surface area contributed by atoms with Crippen LogP contribution in [0.5, 0.6) is 0 Å². The number of carbonyl (C=O) groups is 1. The Hall–Kier alpha value is -4.18. The number of anilines is 1. The number of hydrogen-bond acceptors (Lipinski definition) is 8. The summed E-state index contributed by atoms with van der Waals surface area (Å²) in [5.74, 6) is 1.04. The molecular formula is C25H22N8OS. The molecule has 6 rings (SSSR count). The van der Waals surface area contributed by atoms with Gasteiger partial charge < -0.3 is 11.1 Å². The molecule has 3 N–H and O–H groups in total. The summed E-state index contributed by atoms with van der Waals surface area (Å²) in [5, 5.41) is 13.1. The minimum atomic E-state index is -0.0227. The standard InChI is InChI=1S/C25H22N8OS/c1-13(34)28-19-8-5-15-12-16(6-7-17(15)19)33-23(18-4-3-11-27-22(18)26)29-20-9-10-21(30-24(20)33)25-32-31-14(2)35-25/h3-4,6-7,9-12,19H,5,8H2,1-2H3,(H2,26,27)(H,28,34)/t19-/m0/s1. The van der Waals surface area contributed by atoms with E-state index in [0.29, 0.717) is 17.3 Å². The normalized spacial score (nSPS) is 14.9. The van der Waals surface area contributed by atoms with Gasteiger partial charge in [0.05, 0.1) is 11.6 Å². The fourth-order valence-electron chi connectivity index (χ4n) is 4.65. The van der Waals surface area contributed by atoms with Gasteiger partial charge in [-0.25, -0.2) is 15.0 Å². The molecule has 1 atom stereocenters. The van der Waals surface area contributed by atoms with E-state index in [-0.39, 0.29) is 11.9 Å². The van der Waals surface area contributed by atoms with Crippen LogP contribution in [0.15, 0.2) is 48.7 Å². The van der Waals surface area contributed by atoms with Gasteiger partial charge in [0.15, 0.2) is 16.5 Å². The molecule has 1 amide bonds. The maximum atomic E-state index is 11.6. The molecule has 9 nitrogen and oxygen atoms in total. The Balaban J connectivity index is 1.56. The second-order valence-corrected chi connectivity index (χ2v) is 9.73. The lowest BCUT2D eigenvalue weighted by Gasteiger charge is -2.14. The fourth-order valence-corrected chi connectivity index (χ4v) is 5.31. The Labute approximate surface area is 205 Å². The van der Waals surface area contributed by atoms with E-state index in [1.807, 2.05) is 41.8 Å². The van der Waals surface area contributed by atoms with Crippen LogP contribution in [0.25, 0.3) is 38.9 Å². The summed E-state index contributed by atoms with van der Waals surface area (Å²) < 4.78 is 2.02. The number of fused-ring (bicyclic) bond motifs is 2. The molecule has 4 heterocycles. The first-order valence-corrected chi connectivity index (χ1v) is 12.1. The molecule has 0 fully saturated rings. The molecule has 35 heavy (non-hydrogen) atoms. The molecule has 0 unspecified atom stereocenters. The van der Waals surface area contributed by atoms with Gasteiger partial charge in [0, 0.05) is 18.8 Å². The van der Waals surface area contributed by atoms with Crippen molar-refractivity contribution in [2.24, 2.45) is 0 Å². The van der Waals surface area contributed by atoms with Crippen molar-refractivity contribution in [2.75, 3.05) is 5.73 Å². The molecule has 174 valence electrons. The van der Waals surface area contributed by atoms with Gasteiger partial charge in [0.2, 0.25) is 5.91 Å². The lowest BCUT2D eigenvalue weighted by molar-refractivity contribution is -0.119. The van der Waals surface area contributed by atoms with Crippen LogP contribution in [0, 0.1) is 6.92 Å². The molecule has 5 aromatic rings. The van der Waals surface area contributed by atoms with E-state index in [2.05, 4.69) is 32.6 Å². The zero-order valence-electron chi connectivity index (χ0n) is 19.2. The third-order valence-corrected chi connectivity index (χ3v) is 7.03. The van der Waals surface area contributed by atoms with Gasteiger partial charge >= 0.3 is 0 Å². The van der Waals surface area contributed by atoms with Gasteiger partial charge in [0.1, 0.15) is 22.0 Å². The van der Waals surface area contributed by atoms with Crippen LogP contribution in [-0.4, -0.2) is 35.6 Å². The van der Waals surface area contributed by atoms with Crippen LogP contribution in [-0.2, 0) is 11.2 Å². The topological polar surface area (TPSA) is 124 Å². The molecule has 0 saturated heterocycles. The highest BCUT2D eigenvalue weighted by molar-refractivity contribution is 7.14. The number of amides is 1. The van der Waals surface area contributed by atoms with Gasteiger partial charge in [0.25, 0.3) is 0 Å². The molecule has 0 spiro atoms. The summed E-state index contributed by atoms with van der Waals surface area (Å²) in [4.78, 5) is 25.8. The predicted molar refractivity (Wildman–Crippen MR) is 135 cm³/mol. The number of aryl methyl sites for hydroxylation is 2. The molecule has 1 aliphatic rings. The van der Waals surface area contributed by atoms with Crippen molar-refractivity contribution in [3.63, 3.8) is 0 Å². The SMILES string of the molecule is CC(=O)N[C@H]1CCc2cc(-n3c(-c4cccnc4N)nc4ccc(-c5nnc(C)s5)nc43)ccc21. The van der Waals surface area contributed by atoms with Crippen LogP contribution >= 0.6 is 11.3 Å². The summed E-state index contributed by atoms with van der Waals surface area (Å²) in [7, 11) is 0. The van der Waals surface area contributed by atoms with E-state index in [1.165, 1.54) is 16.9 Å². The molecule has 4 aromatic heterocycles. The summed E-state index contributed by atoms with van der Waals surface area (Å²) in [5.41, 5.74) is 12.4. The highest BCUT2D eigenvalue weighted by atomic mass is 32.1. The lowest BCUT2D eigenvalue weighted by atomic mass is 10.1. The first-order valence-electron chi connectivity index (χ1n) is 11.3. The Morgan fingerprint density at radius 1 is 1.17 bits per heavy atom. The maximum absolute atomic E-state index is 11.6. The first-order chi connectivity index (χ1) is 17.0. The number of pyridine rings is 2. The number of carbonyl (C=O) groups excluding carboxylic acids is 1. The van der Waals surface area contributed by atoms with Gasteiger partial charge in [-0.15, -0.1) is 10.2 Å². The third kappa shape index (κ3) is 3.71. The predicted octanol–water partition coefficient (Wildman–Crippen LogP) is 4.02. The molecular weight excluding hydrogens is 460 g/mol. The average molecular weight is 483 g/mol. The quantitative estimate of drug-likeness (QED) is 0.396. The van der Waals surface area contributed by atoms with Gasteiger partial charge in [-0.1, -0.05) is 17.4 Å². The third-order valence-electron chi connectivity index (χ3n) is 6.17. The highest BCUT2D eigenvalue weighted by Crippen LogP contribution is 2.36. The molecule has 0 aliphatic heterocycles. The largest absolute Gasteiger partial charge is 0.383 e. The van der Waals surface area contributed by atoms with Crippen molar-refractivity contribution in [2.45, 2.75) is 32.7 Å². The zero-order chi connectivity index (χ0) is 24.1. The monoisotopic (exact) mass is 482 g/mol. The van der Waals surface area contributed by atoms with E-state index in [1.54, 1.807) is 13.1 Å². The van der Waals surface area contributed by atoms with Crippen LogP contribution in [0.2, 0.25) is 0 Å². The smallest absolute Gasteiger partial charge is 0.217 e. The Morgan fingerprint density at radius 3 is 2.83 bits per heavy atom. The number of nitrogen functional groups attached to an aromatic ring is 1. The van der Waals surface area contributed by atoms with Crippen molar-refractivity contribution in [1.82, 2.24) is 35.0 Å². The van der Waals surface area contributed by atoms with Crippen molar-refractivity contribution in [3.05, 3.63) is 64.8 Å². The Kier molecular flexibility index (Phi) is 5.03. The Morgan fingerprint density at radius 2 is 2.06 bits per heavy atom. The molecule has 10 heteroatoms. The number of nitrogens with two attached hydrogens (primary N) is 1. The fraction of sp³-hybridized carbons (Fsp3) is 0.200. The van der Waals surface area contributed by atoms with Crippen molar-refractivity contribution >= 4 is 34.2 Å². The van der Waals surface area contributed by atoms with E-state index >= 15 is 0 Å². The number of benzene rings is 1. The summed E-state index contributed by atoms with van der Waals surface area (Å²) in [6.07, 6.45) is 3.43. The molecule has 0 radical (unpaired) electrons. The number of imidazole rings is 1. The summed E-state index contributed by atoms with van der Waals surface area (Å²) >= 11 is 1.50. The number of nitrogens with one attached hydrogen (secondary N) is 1. The van der Waals surface area contributed by atoms with E-state index < -0.39 is 0 Å². The number of nitrogens with zero attached hydrogens (tertiary/aromatic N) is 6. The second-order valence-electron chi connectivity index (χ2n) is 8.55. The number of hydrogen-bond donors (Lipinski definition) is 2. The zero-order valence-corrected chi connectivity index (χ0v) is 20.0. The van der Waals surface area contributed by atoms with Crippen LogP contribution < -0.4 is 11.1 Å². The summed E-state index contributed by atoms with van der Waals surface area (Å²) in [6, 6.07) is 13.9. The minimum absolute atomic E-state index is 0.0227. The van der Waals surface area contributed by atoms with Crippen molar-refractivity contribution < 1.29 is 4.79 Å². The second kappa shape index (κ2) is 8.24. The minimum Gasteiger partial charge on any atom is -0.383 e. The lowest BCUT2D eigenvalue weighted by Crippen LogP contribution is -2.24. The Bertz CT molecular complexity index is 1600. The van der Waals surface area contributed by atoms with Crippen LogP contribution in [0.1, 0.15) is 35.5 Å². The first kappa shape index (κ1) is 21.4. The van der Waals surface area contributed by atoms with Crippen molar-refractivity contribution in [1.29, 1.82) is 0 Å². The molecule has 0 saturated carbocycles. The molecule has 1 aliphatic carbocycles. The highest BCUT2D eigenvalue weighted by Gasteiger charge is 2.25. The van der Waals surface area contributed by atoms with Crippen molar-refractivity contribution in [3.8, 4) is 27.8 Å². The van der Waals surface area contributed by atoms with Gasteiger partial charge in [-0.3, -0.25) is 9.36 Å². The molecule has 1 aromatic carbocycles. The van der Waals surface area contributed by atoms with E-state index in [0.717, 1.165) is 50.9 Å². The van der Waals surface area contributed by atoms with Crippen LogP contribution in [0.3, 0.4) is 0 Å². The van der Waals surface area contributed by atoms with Gasteiger partial charge in [-0.05, 0) is 67.3 Å². The molecule has 0 bridgehead atoms. The van der Waals surface area contributed by atoms with E-state index in [9.17, 15) is 4.79 Å². The average Bonchev–Trinajstić information content (AvgIpc) is 3.55. The summed E-state index contributed by atoms with van der Waals surface area (Å²) in [6.45, 7) is 3.48. The van der Waals surface area contributed by atoms with E-state index in [4.69, 9.17) is 15.7 Å².